The van der Waals surface area contributed by atoms with Gasteiger partial charge >= 0.3 is 6.18 Å². The number of benzene rings is 1. The van der Waals surface area contributed by atoms with E-state index in [0.717, 1.165) is 10.6 Å². The van der Waals surface area contributed by atoms with Gasteiger partial charge in [-0.3, -0.25) is 0 Å². The molecule has 3 rings (SSSR count). The first-order valence-corrected chi connectivity index (χ1v) is 8.15. The molecule has 10 heteroatoms. The molecule has 0 fully saturated rings. The zero-order valence-corrected chi connectivity index (χ0v) is 14.4. The Morgan fingerprint density at radius 3 is 2.50 bits per heavy atom. The number of hydrogen-bond acceptors (Lipinski definition) is 3. The molecule has 0 radical (unpaired) electrons. The number of rotatable bonds is 4. The lowest BCUT2D eigenvalue weighted by Gasteiger charge is -2.29. The minimum atomic E-state index is -4.58. The third-order valence-corrected chi connectivity index (χ3v) is 4.23. The maximum Gasteiger partial charge on any atom is 0.451 e. The highest BCUT2D eigenvalue weighted by atomic mass is 19.4. The van der Waals surface area contributed by atoms with Crippen LogP contribution in [0.15, 0.2) is 42.3 Å². The Balaban J connectivity index is 1.72. The van der Waals surface area contributed by atoms with Crippen molar-refractivity contribution in [3.63, 3.8) is 0 Å². The second-order valence-electron chi connectivity index (χ2n) is 6.04. The van der Waals surface area contributed by atoms with Crippen LogP contribution >= 0.6 is 0 Å². The lowest BCUT2D eigenvalue weighted by atomic mass is 10.1. The van der Waals surface area contributed by atoms with Gasteiger partial charge in [-0.25, -0.2) is 13.2 Å². The standard InChI is InChI=1S/C18H14F6N4/c1-2-12(5-3-4-11-8-14(20)15(21)9-13(11)19)27-6-7-28-16(10-27)25-26-17(28)18(22,23)24/h3,5,8-9H,1,4,6-7,10H2/b5-3+. The first kappa shape index (κ1) is 19.8. The van der Waals surface area contributed by atoms with Crippen molar-refractivity contribution in [2.24, 2.45) is 0 Å². The van der Waals surface area contributed by atoms with Gasteiger partial charge in [-0.1, -0.05) is 12.7 Å². The van der Waals surface area contributed by atoms with E-state index in [1.165, 1.54) is 12.2 Å². The van der Waals surface area contributed by atoms with Gasteiger partial charge in [0.2, 0.25) is 5.82 Å². The molecule has 148 valence electrons. The molecule has 28 heavy (non-hydrogen) atoms. The minimum Gasteiger partial charge on any atom is -0.356 e. The van der Waals surface area contributed by atoms with Crippen LogP contribution in [0.5, 0.6) is 0 Å². The molecule has 0 saturated carbocycles. The van der Waals surface area contributed by atoms with Gasteiger partial charge in [0, 0.05) is 19.2 Å². The molecule has 1 aromatic carbocycles. The Morgan fingerprint density at radius 1 is 1.11 bits per heavy atom. The molecule has 2 heterocycles. The van der Waals surface area contributed by atoms with E-state index in [0.29, 0.717) is 11.8 Å². The van der Waals surface area contributed by atoms with Gasteiger partial charge in [-0.2, -0.15) is 13.2 Å². The maximum atomic E-state index is 13.7. The fraction of sp³-hybridized carbons (Fsp3) is 0.278. The number of alkyl halides is 3. The zero-order chi connectivity index (χ0) is 20.5. The fourth-order valence-corrected chi connectivity index (χ4v) is 2.87. The predicted molar refractivity (Wildman–Crippen MR) is 87.2 cm³/mol. The van der Waals surface area contributed by atoms with Crippen LogP contribution < -0.4 is 0 Å². The van der Waals surface area contributed by atoms with Gasteiger partial charge < -0.3 is 9.47 Å². The summed E-state index contributed by atoms with van der Waals surface area (Å²) in [5.74, 6) is -4.20. The van der Waals surface area contributed by atoms with Crippen molar-refractivity contribution in [1.29, 1.82) is 0 Å². The van der Waals surface area contributed by atoms with Crippen LogP contribution in [-0.4, -0.2) is 26.2 Å². The van der Waals surface area contributed by atoms with Gasteiger partial charge in [0.1, 0.15) is 5.82 Å². The summed E-state index contributed by atoms with van der Waals surface area (Å²) in [6.45, 7) is 3.86. The SMILES string of the molecule is C=C=C(/C=C/Cc1cc(F)c(F)cc1F)N1CCn2c(nnc2C(F)(F)F)C1. The maximum absolute atomic E-state index is 13.7. The highest BCUT2D eigenvalue weighted by Crippen LogP contribution is 2.30. The van der Waals surface area contributed by atoms with Crippen LogP contribution in [0.25, 0.3) is 0 Å². The summed E-state index contributed by atoms with van der Waals surface area (Å²) < 4.78 is 79.5. The zero-order valence-electron chi connectivity index (χ0n) is 14.4. The molecule has 0 bridgehead atoms. The summed E-state index contributed by atoms with van der Waals surface area (Å²) in [5, 5.41) is 6.79. The monoisotopic (exact) mass is 400 g/mol. The molecule has 0 amide bonds. The molecule has 0 atom stereocenters. The average Bonchev–Trinajstić information content (AvgIpc) is 3.06. The van der Waals surface area contributed by atoms with Crippen molar-refractivity contribution in [2.75, 3.05) is 6.54 Å². The van der Waals surface area contributed by atoms with Gasteiger partial charge in [-0.15, -0.1) is 15.9 Å². The first-order chi connectivity index (χ1) is 13.2. The van der Waals surface area contributed by atoms with E-state index in [1.807, 2.05) is 0 Å². The molecule has 2 aromatic rings. The summed E-state index contributed by atoms with van der Waals surface area (Å²) >= 11 is 0. The molecule has 0 saturated heterocycles. The van der Waals surface area contributed by atoms with E-state index in [4.69, 9.17) is 0 Å². The van der Waals surface area contributed by atoms with Crippen LogP contribution in [0.1, 0.15) is 17.2 Å². The molecule has 1 aliphatic rings. The molecule has 0 spiro atoms. The Labute approximate surface area is 156 Å². The minimum absolute atomic E-state index is 0.0174. The van der Waals surface area contributed by atoms with Crippen molar-refractivity contribution < 1.29 is 26.3 Å². The second-order valence-corrected chi connectivity index (χ2v) is 6.04. The molecular weight excluding hydrogens is 386 g/mol. The summed E-state index contributed by atoms with van der Waals surface area (Å²) in [7, 11) is 0. The number of halogens is 6. The Kier molecular flexibility index (Phi) is 5.33. The average molecular weight is 400 g/mol. The van der Waals surface area contributed by atoms with E-state index >= 15 is 0 Å². The van der Waals surface area contributed by atoms with Crippen LogP contribution in [0.3, 0.4) is 0 Å². The van der Waals surface area contributed by atoms with E-state index in [-0.39, 0.29) is 37.4 Å². The molecule has 0 unspecified atom stereocenters. The highest BCUT2D eigenvalue weighted by molar-refractivity contribution is 5.25. The Hall–Kier alpha value is -3.00. The van der Waals surface area contributed by atoms with Crippen molar-refractivity contribution in [2.45, 2.75) is 25.7 Å². The third kappa shape index (κ3) is 3.96. The van der Waals surface area contributed by atoms with E-state index in [9.17, 15) is 26.3 Å². The number of hydrogen-bond donors (Lipinski definition) is 0. The van der Waals surface area contributed by atoms with Crippen molar-refractivity contribution >= 4 is 0 Å². The molecule has 0 aliphatic carbocycles. The van der Waals surface area contributed by atoms with E-state index in [2.05, 4.69) is 22.5 Å². The summed E-state index contributed by atoms with van der Waals surface area (Å²) in [6.07, 6.45) is -1.57. The first-order valence-electron chi connectivity index (χ1n) is 8.15. The smallest absolute Gasteiger partial charge is 0.356 e. The molecular formula is C18H14F6N4. The van der Waals surface area contributed by atoms with Gasteiger partial charge in [0.15, 0.2) is 17.5 Å². The summed E-state index contributed by atoms with van der Waals surface area (Å²) in [5.41, 5.74) is 3.07. The van der Waals surface area contributed by atoms with Gasteiger partial charge in [0.25, 0.3) is 0 Å². The van der Waals surface area contributed by atoms with Crippen molar-refractivity contribution in [1.82, 2.24) is 19.7 Å². The summed E-state index contributed by atoms with van der Waals surface area (Å²) in [6, 6.07) is 1.24. The van der Waals surface area contributed by atoms with Gasteiger partial charge in [-0.05, 0) is 24.1 Å². The Morgan fingerprint density at radius 2 is 1.82 bits per heavy atom. The Bertz CT molecular complexity index is 969. The fourth-order valence-electron chi connectivity index (χ4n) is 2.87. The number of allylic oxidation sites excluding steroid dienone is 2. The lowest BCUT2D eigenvalue weighted by molar-refractivity contribution is -0.147. The predicted octanol–water partition coefficient (Wildman–Crippen LogP) is 4.00. The third-order valence-electron chi connectivity index (χ3n) is 4.23. The largest absolute Gasteiger partial charge is 0.451 e. The summed E-state index contributed by atoms with van der Waals surface area (Å²) in [4.78, 5) is 1.69. The topological polar surface area (TPSA) is 34.0 Å². The van der Waals surface area contributed by atoms with Crippen LogP contribution in [0.4, 0.5) is 26.3 Å². The quantitative estimate of drug-likeness (QED) is 0.337. The molecule has 0 N–H and O–H groups in total. The van der Waals surface area contributed by atoms with Crippen LogP contribution in [-0.2, 0) is 25.7 Å². The lowest BCUT2D eigenvalue weighted by Crippen LogP contribution is -2.34. The molecule has 1 aliphatic heterocycles. The van der Waals surface area contributed by atoms with E-state index < -0.39 is 29.5 Å². The molecule has 1 aromatic heterocycles. The van der Waals surface area contributed by atoms with Crippen molar-refractivity contribution in [3.8, 4) is 0 Å². The number of nitrogens with zero attached hydrogens (tertiary/aromatic N) is 4. The van der Waals surface area contributed by atoms with Crippen LogP contribution in [0.2, 0.25) is 0 Å². The van der Waals surface area contributed by atoms with E-state index in [1.54, 1.807) is 4.90 Å². The normalized spacial score (nSPS) is 14.3. The highest BCUT2D eigenvalue weighted by Gasteiger charge is 2.39. The second kappa shape index (κ2) is 7.55. The van der Waals surface area contributed by atoms with Gasteiger partial charge in [0.05, 0.1) is 12.2 Å². The number of aromatic nitrogens is 3. The van der Waals surface area contributed by atoms with Crippen molar-refractivity contribution in [3.05, 3.63) is 77.0 Å². The number of fused-ring (bicyclic) bond motifs is 1. The molecule has 4 nitrogen and oxygen atoms in total. The van der Waals surface area contributed by atoms with Crippen LogP contribution in [0, 0.1) is 17.5 Å².